The second-order valence-electron chi connectivity index (χ2n) is 3.72. The zero-order chi connectivity index (χ0) is 11.1. The zero-order valence-corrected chi connectivity index (χ0v) is 9.75. The first-order valence-corrected chi connectivity index (χ1v) is 5.47. The minimum absolute atomic E-state index is 0.503. The molecule has 1 rings (SSSR count). The molecule has 86 valence electrons. The van der Waals surface area contributed by atoms with Crippen LogP contribution in [0.4, 0.5) is 0 Å². The molecule has 0 aliphatic rings. The van der Waals surface area contributed by atoms with Crippen LogP contribution >= 0.6 is 0 Å². The Hall–Kier alpha value is -0.870. The van der Waals surface area contributed by atoms with Crippen LogP contribution in [0, 0.1) is 0 Å². The van der Waals surface area contributed by atoms with Gasteiger partial charge < -0.3 is 14.5 Å². The molecule has 0 aromatic carbocycles. The number of nitrogens with one attached hydrogen (secondary N) is 1. The number of rotatable bonds is 7. The van der Waals surface area contributed by atoms with Gasteiger partial charge in [0.2, 0.25) is 0 Å². The normalized spacial score (nSPS) is 11.2. The van der Waals surface area contributed by atoms with Gasteiger partial charge in [0.25, 0.3) is 0 Å². The van der Waals surface area contributed by atoms with Crippen molar-refractivity contribution in [2.45, 2.75) is 39.8 Å². The van der Waals surface area contributed by atoms with E-state index in [0.29, 0.717) is 19.3 Å². The highest BCUT2D eigenvalue weighted by Crippen LogP contribution is 2.05. The van der Waals surface area contributed by atoms with Crippen molar-refractivity contribution in [1.29, 1.82) is 0 Å². The molecule has 0 fully saturated rings. The van der Waals surface area contributed by atoms with Crippen LogP contribution in [0.3, 0.4) is 0 Å². The molecule has 0 spiro atoms. The van der Waals surface area contributed by atoms with E-state index in [0.717, 1.165) is 24.6 Å². The van der Waals surface area contributed by atoms with E-state index in [1.807, 2.05) is 6.92 Å². The average Bonchev–Trinajstić information content (AvgIpc) is 2.62. The van der Waals surface area contributed by atoms with E-state index in [2.05, 4.69) is 24.1 Å². The van der Waals surface area contributed by atoms with Crippen molar-refractivity contribution in [3.05, 3.63) is 17.8 Å². The molecule has 0 aliphatic heterocycles. The van der Waals surface area contributed by atoms with Crippen LogP contribution in [0.2, 0.25) is 0 Å². The molecule has 1 aromatic rings. The van der Waals surface area contributed by atoms with Crippen molar-refractivity contribution >= 4 is 0 Å². The van der Waals surface area contributed by atoms with E-state index < -0.39 is 0 Å². The van der Waals surface area contributed by atoms with Crippen molar-refractivity contribution in [3.8, 4) is 0 Å². The fourth-order valence-corrected chi connectivity index (χ4v) is 1.20. The van der Waals surface area contributed by atoms with E-state index in [4.69, 9.17) is 9.15 Å². The number of nitrogens with zero attached hydrogens (tertiary/aromatic N) is 1. The number of hydrogen-bond acceptors (Lipinski definition) is 4. The van der Waals surface area contributed by atoms with Crippen LogP contribution in [-0.2, 0) is 17.8 Å². The van der Waals surface area contributed by atoms with Crippen LogP contribution in [0.1, 0.15) is 32.4 Å². The van der Waals surface area contributed by atoms with Gasteiger partial charge in [-0.2, -0.15) is 0 Å². The predicted molar refractivity (Wildman–Crippen MR) is 58.7 cm³/mol. The van der Waals surface area contributed by atoms with E-state index >= 15 is 0 Å². The molecule has 1 N–H and O–H groups in total. The molecule has 15 heavy (non-hydrogen) atoms. The van der Waals surface area contributed by atoms with Crippen molar-refractivity contribution in [3.63, 3.8) is 0 Å². The molecular weight excluding hydrogens is 192 g/mol. The van der Waals surface area contributed by atoms with Crippen LogP contribution in [-0.4, -0.2) is 24.2 Å². The molecule has 4 nitrogen and oxygen atoms in total. The van der Waals surface area contributed by atoms with E-state index in [1.54, 1.807) is 6.20 Å². The molecule has 0 saturated heterocycles. The third-order valence-electron chi connectivity index (χ3n) is 1.94. The Labute approximate surface area is 91.0 Å². The van der Waals surface area contributed by atoms with Crippen LogP contribution < -0.4 is 5.32 Å². The lowest BCUT2D eigenvalue weighted by Crippen LogP contribution is -2.24. The van der Waals surface area contributed by atoms with Gasteiger partial charge in [0.1, 0.15) is 12.4 Å². The van der Waals surface area contributed by atoms with E-state index in [1.165, 1.54) is 0 Å². The third-order valence-corrected chi connectivity index (χ3v) is 1.94. The summed E-state index contributed by atoms with van der Waals surface area (Å²) in [5.74, 6) is 1.58. The Bertz CT molecular complexity index is 271. The topological polar surface area (TPSA) is 47.3 Å². The Balaban J connectivity index is 2.26. The Kier molecular flexibility index (Phi) is 5.36. The molecule has 0 unspecified atom stereocenters. The largest absolute Gasteiger partial charge is 0.443 e. The fraction of sp³-hybridized carbons (Fsp3) is 0.727. The number of hydrogen-bond donors (Lipinski definition) is 1. The van der Waals surface area contributed by atoms with Crippen LogP contribution in [0.5, 0.6) is 0 Å². The smallest absolute Gasteiger partial charge is 0.195 e. The Morgan fingerprint density at radius 2 is 2.33 bits per heavy atom. The lowest BCUT2D eigenvalue weighted by molar-refractivity contribution is 0.117. The molecule has 0 radical (unpaired) electrons. The molecule has 0 saturated carbocycles. The minimum atomic E-state index is 0.503. The van der Waals surface area contributed by atoms with Crippen molar-refractivity contribution < 1.29 is 9.15 Å². The summed E-state index contributed by atoms with van der Waals surface area (Å²) in [6.45, 7) is 8.31. The molecule has 0 amide bonds. The van der Waals surface area contributed by atoms with Gasteiger partial charge >= 0.3 is 0 Å². The summed E-state index contributed by atoms with van der Waals surface area (Å²) in [4.78, 5) is 4.18. The van der Waals surface area contributed by atoms with Gasteiger partial charge in [-0.1, -0.05) is 13.8 Å². The average molecular weight is 212 g/mol. The summed E-state index contributed by atoms with van der Waals surface area (Å²) in [6, 6.07) is 0.503. The molecule has 0 atom stereocenters. The third kappa shape index (κ3) is 4.95. The Morgan fingerprint density at radius 3 is 3.00 bits per heavy atom. The van der Waals surface area contributed by atoms with Gasteiger partial charge in [-0.15, -0.1) is 0 Å². The van der Waals surface area contributed by atoms with E-state index in [-0.39, 0.29) is 0 Å². The molecule has 4 heteroatoms. The standard InChI is InChI=1S/C11H20N2O2/c1-4-14-8-10-7-13-11(15-10)5-6-12-9(2)3/h7,9,12H,4-6,8H2,1-3H3. The van der Waals surface area contributed by atoms with Crippen molar-refractivity contribution in [2.75, 3.05) is 13.2 Å². The molecule has 1 heterocycles. The molecule has 0 bridgehead atoms. The molecule has 1 aromatic heterocycles. The maximum Gasteiger partial charge on any atom is 0.195 e. The summed E-state index contributed by atoms with van der Waals surface area (Å²) in [5, 5.41) is 3.32. The van der Waals surface area contributed by atoms with Crippen LogP contribution in [0.25, 0.3) is 0 Å². The SMILES string of the molecule is CCOCc1cnc(CCNC(C)C)o1. The summed E-state index contributed by atoms with van der Waals surface area (Å²) in [7, 11) is 0. The fourth-order valence-electron chi connectivity index (χ4n) is 1.20. The zero-order valence-electron chi connectivity index (χ0n) is 9.75. The number of ether oxygens (including phenoxy) is 1. The summed E-state index contributed by atoms with van der Waals surface area (Å²) in [6.07, 6.45) is 2.56. The Morgan fingerprint density at radius 1 is 1.53 bits per heavy atom. The first kappa shape index (κ1) is 12.2. The lowest BCUT2D eigenvalue weighted by atomic mass is 10.3. The first-order valence-electron chi connectivity index (χ1n) is 5.47. The summed E-state index contributed by atoms with van der Waals surface area (Å²) in [5.41, 5.74) is 0. The van der Waals surface area contributed by atoms with Crippen molar-refractivity contribution in [1.82, 2.24) is 10.3 Å². The highest BCUT2D eigenvalue weighted by molar-refractivity contribution is 4.93. The maximum absolute atomic E-state index is 5.49. The lowest BCUT2D eigenvalue weighted by Gasteiger charge is -2.05. The van der Waals surface area contributed by atoms with Gasteiger partial charge in [-0.05, 0) is 6.92 Å². The number of aromatic nitrogens is 1. The van der Waals surface area contributed by atoms with Gasteiger partial charge in [0.15, 0.2) is 5.89 Å². The highest BCUT2D eigenvalue weighted by Gasteiger charge is 2.03. The van der Waals surface area contributed by atoms with Crippen molar-refractivity contribution in [2.24, 2.45) is 0 Å². The quantitative estimate of drug-likeness (QED) is 0.748. The summed E-state index contributed by atoms with van der Waals surface area (Å²) < 4.78 is 10.7. The van der Waals surface area contributed by atoms with Gasteiger partial charge in [-0.3, -0.25) is 0 Å². The van der Waals surface area contributed by atoms with E-state index in [9.17, 15) is 0 Å². The maximum atomic E-state index is 5.49. The summed E-state index contributed by atoms with van der Waals surface area (Å²) >= 11 is 0. The first-order chi connectivity index (χ1) is 7.22. The monoisotopic (exact) mass is 212 g/mol. The number of oxazole rings is 1. The predicted octanol–water partition coefficient (Wildman–Crippen LogP) is 1.75. The second kappa shape index (κ2) is 6.58. The van der Waals surface area contributed by atoms with Gasteiger partial charge in [-0.25, -0.2) is 4.98 Å². The second-order valence-corrected chi connectivity index (χ2v) is 3.72. The molecule has 0 aliphatic carbocycles. The highest BCUT2D eigenvalue weighted by atomic mass is 16.5. The van der Waals surface area contributed by atoms with Crippen LogP contribution in [0.15, 0.2) is 10.6 Å². The van der Waals surface area contributed by atoms with Gasteiger partial charge in [0, 0.05) is 25.6 Å². The minimum Gasteiger partial charge on any atom is -0.443 e. The molecular formula is C11H20N2O2. The van der Waals surface area contributed by atoms with Gasteiger partial charge in [0.05, 0.1) is 6.20 Å².